The van der Waals surface area contributed by atoms with Crippen molar-refractivity contribution in [1.29, 1.82) is 0 Å². The molecular formula is C9H8BrCl. The molecule has 0 aliphatic heterocycles. The fraction of sp³-hybridized carbons (Fsp3) is 0.333. The van der Waals surface area contributed by atoms with Gasteiger partial charge in [0.05, 0.1) is 0 Å². The van der Waals surface area contributed by atoms with Crippen LogP contribution in [0.4, 0.5) is 0 Å². The van der Waals surface area contributed by atoms with Crippen LogP contribution in [-0.2, 0) is 12.8 Å². The van der Waals surface area contributed by atoms with Crippen molar-refractivity contribution in [3.63, 3.8) is 0 Å². The molecule has 0 bridgehead atoms. The lowest BCUT2D eigenvalue weighted by atomic mass is 10.1. The summed E-state index contributed by atoms with van der Waals surface area (Å²) < 4.78 is 1.22. The Labute approximate surface area is 79.7 Å². The third-order valence-corrected chi connectivity index (χ3v) is 3.27. The SMILES string of the molecule is Clc1ccc(Br)c2c1CCC2. The second-order valence-corrected chi connectivity index (χ2v) is 4.10. The zero-order valence-corrected chi connectivity index (χ0v) is 8.37. The molecule has 0 spiro atoms. The molecule has 0 saturated heterocycles. The predicted molar refractivity (Wildman–Crippen MR) is 51.2 cm³/mol. The molecule has 0 fully saturated rings. The van der Waals surface area contributed by atoms with Crippen molar-refractivity contribution < 1.29 is 0 Å². The first-order chi connectivity index (χ1) is 5.29. The number of benzene rings is 1. The van der Waals surface area contributed by atoms with Crippen LogP contribution in [0.5, 0.6) is 0 Å². The minimum atomic E-state index is 0.931. The van der Waals surface area contributed by atoms with Gasteiger partial charge in [0.2, 0.25) is 0 Å². The van der Waals surface area contributed by atoms with Crippen molar-refractivity contribution in [2.75, 3.05) is 0 Å². The highest BCUT2D eigenvalue weighted by Gasteiger charge is 2.15. The molecule has 0 saturated carbocycles. The summed E-state index contributed by atoms with van der Waals surface area (Å²) in [6.07, 6.45) is 3.57. The first kappa shape index (κ1) is 7.63. The highest BCUT2D eigenvalue weighted by Crippen LogP contribution is 2.33. The molecular weight excluding hydrogens is 223 g/mol. The van der Waals surface area contributed by atoms with Gasteiger partial charge in [0.25, 0.3) is 0 Å². The highest BCUT2D eigenvalue weighted by molar-refractivity contribution is 9.10. The summed E-state index contributed by atoms with van der Waals surface area (Å²) in [5, 5.41) is 0.931. The molecule has 2 heteroatoms. The monoisotopic (exact) mass is 230 g/mol. The van der Waals surface area contributed by atoms with Crippen molar-refractivity contribution in [2.45, 2.75) is 19.3 Å². The van der Waals surface area contributed by atoms with Crippen molar-refractivity contribution in [3.8, 4) is 0 Å². The standard InChI is InChI=1S/C9H8BrCl/c10-8-4-5-9(11)7-3-1-2-6(7)8/h4-5H,1-3H2. The van der Waals surface area contributed by atoms with Crippen molar-refractivity contribution in [1.82, 2.24) is 0 Å². The van der Waals surface area contributed by atoms with E-state index in [-0.39, 0.29) is 0 Å². The van der Waals surface area contributed by atoms with E-state index in [1.54, 1.807) is 0 Å². The zero-order chi connectivity index (χ0) is 7.84. The van der Waals surface area contributed by atoms with E-state index < -0.39 is 0 Å². The Hall–Kier alpha value is -0.0100. The Bertz CT molecular complexity index is 265. The molecule has 0 heterocycles. The summed E-state index contributed by atoms with van der Waals surface area (Å²) in [6, 6.07) is 4.00. The molecule has 2 rings (SSSR count). The fourth-order valence-electron chi connectivity index (χ4n) is 1.62. The van der Waals surface area contributed by atoms with Gasteiger partial charge in [-0.25, -0.2) is 0 Å². The summed E-state index contributed by atoms with van der Waals surface area (Å²) >= 11 is 9.54. The van der Waals surface area contributed by atoms with Crippen LogP contribution in [0.3, 0.4) is 0 Å². The molecule has 0 N–H and O–H groups in total. The summed E-state index contributed by atoms with van der Waals surface area (Å²) in [4.78, 5) is 0. The molecule has 0 radical (unpaired) electrons. The van der Waals surface area contributed by atoms with Crippen molar-refractivity contribution >= 4 is 27.5 Å². The highest BCUT2D eigenvalue weighted by atomic mass is 79.9. The maximum absolute atomic E-state index is 6.02. The molecule has 1 aromatic rings. The molecule has 58 valence electrons. The molecule has 1 aliphatic carbocycles. The second kappa shape index (κ2) is 2.80. The first-order valence-electron chi connectivity index (χ1n) is 3.75. The van der Waals surface area contributed by atoms with E-state index in [1.165, 1.54) is 28.4 Å². The van der Waals surface area contributed by atoms with E-state index in [2.05, 4.69) is 15.9 Å². The van der Waals surface area contributed by atoms with Crippen LogP contribution in [0.1, 0.15) is 17.5 Å². The van der Waals surface area contributed by atoms with Crippen LogP contribution in [0, 0.1) is 0 Å². The summed E-state index contributed by atoms with van der Waals surface area (Å²) in [5.74, 6) is 0. The van der Waals surface area contributed by atoms with Gasteiger partial charge in [0.15, 0.2) is 0 Å². The average molecular weight is 232 g/mol. The van der Waals surface area contributed by atoms with E-state index in [0.29, 0.717) is 0 Å². The van der Waals surface area contributed by atoms with Gasteiger partial charge >= 0.3 is 0 Å². The van der Waals surface area contributed by atoms with Gasteiger partial charge in [-0.15, -0.1) is 0 Å². The van der Waals surface area contributed by atoms with Crippen LogP contribution in [0.15, 0.2) is 16.6 Å². The summed E-state index contributed by atoms with van der Waals surface area (Å²) in [6.45, 7) is 0. The third-order valence-electron chi connectivity index (χ3n) is 2.17. The summed E-state index contributed by atoms with van der Waals surface area (Å²) in [7, 11) is 0. The third kappa shape index (κ3) is 1.21. The zero-order valence-electron chi connectivity index (χ0n) is 6.03. The minimum Gasteiger partial charge on any atom is -0.0840 e. The number of rotatable bonds is 0. The van der Waals surface area contributed by atoms with E-state index >= 15 is 0 Å². The summed E-state index contributed by atoms with van der Waals surface area (Å²) in [5.41, 5.74) is 2.76. The van der Waals surface area contributed by atoms with E-state index in [9.17, 15) is 0 Å². The maximum Gasteiger partial charge on any atom is 0.0441 e. The van der Waals surface area contributed by atoms with Gasteiger partial charge in [0.1, 0.15) is 0 Å². The lowest BCUT2D eigenvalue weighted by molar-refractivity contribution is 0.910. The van der Waals surface area contributed by atoms with Crippen LogP contribution in [-0.4, -0.2) is 0 Å². The molecule has 11 heavy (non-hydrogen) atoms. The quantitative estimate of drug-likeness (QED) is 0.640. The molecule has 1 aromatic carbocycles. The lowest BCUT2D eigenvalue weighted by Crippen LogP contribution is -1.84. The van der Waals surface area contributed by atoms with Gasteiger partial charge in [-0.1, -0.05) is 27.5 Å². The topological polar surface area (TPSA) is 0 Å². The van der Waals surface area contributed by atoms with E-state index in [0.717, 1.165) is 11.4 Å². The van der Waals surface area contributed by atoms with E-state index in [1.807, 2.05) is 12.1 Å². The predicted octanol–water partition coefficient (Wildman–Crippen LogP) is 3.59. The lowest BCUT2D eigenvalue weighted by Gasteiger charge is -2.02. The maximum atomic E-state index is 6.02. The van der Waals surface area contributed by atoms with Gasteiger partial charge in [-0.05, 0) is 42.5 Å². The minimum absolute atomic E-state index is 0.931. The molecule has 0 unspecified atom stereocenters. The number of hydrogen-bond acceptors (Lipinski definition) is 0. The van der Waals surface area contributed by atoms with Crippen molar-refractivity contribution in [2.24, 2.45) is 0 Å². The Kier molecular flexibility index (Phi) is 1.94. The number of hydrogen-bond donors (Lipinski definition) is 0. The van der Waals surface area contributed by atoms with Crippen LogP contribution in [0.25, 0.3) is 0 Å². The second-order valence-electron chi connectivity index (χ2n) is 2.84. The van der Waals surface area contributed by atoms with Crippen LogP contribution in [0.2, 0.25) is 5.02 Å². The smallest absolute Gasteiger partial charge is 0.0441 e. The fourth-order valence-corrected chi connectivity index (χ4v) is 2.46. The molecule has 1 aliphatic rings. The number of halogens is 2. The van der Waals surface area contributed by atoms with Gasteiger partial charge < -0.3 is 0 Å². The average Bonchev–Trinajstić information content (AvgIpc) is 2.45. The Morgan fingerprint density at radius 3 is 2.64 bits per heavy atom. The van der Waals surface area contributed by atoms with Gasteiger partial charge in [0, 0.05) is 9.50 Å². The Morgan fingerprint density at radius 1 is 1.18 bits per heavy atom. The molecule has 0 amide bonds. The normalized spacial score (nSPS) is 15.1. The van der Waals surface area contributed by atoms with Crippen LogP contribution >= 0.6 is 27.5 Å². The Balaban J connectivity index is 2.64. The number of fused-ring (bicyclic) bond motifs is 1. The Morgan fingerprint density at radius 2 is 1.91 bits per heavy atom. The first-order valence-corrected chi connectivity index (χ1v) is 4.92. The van der Waals surface area contributed by atoms with Gasteiger partial charge in [-0.3, -0.25) is 0 Å². The largest absolute Gasteiger partial charge is 0.0840 e. The molecule has 0 nitrogen and oxygen atoms in total. The van der Waals surface area contributed by atoms with Crippen molar-refractivity contribution in [3.05, 3.63) is 32.8 Å². The molecule has 0 aromatic heterocycles. The molecule has 0 atom stereocenters. The van der Waals surface area contributed by atoms with Gasteiger partial charge in [-0.2, -0.15) is 0 Å². The van der Waals surface area contributed by atoms with Crippen LogP contribution < -0.4 is 0 Å². The van der Waals surface area contributed by atoms with E-state index in [4.69, 9.17) is 11.6 Å².